The molecule has 0 aliphatic carbocycles. The molecule has 122 valence electrons. The predicted molar refractivity (Wildman–Crippen MR) is 82.4 cm³/mol. The minimum absolute atomic E-state index is 0.0527. The van der Waals surface area contributed by atoms with Crippen molar-refractivity contribution in [2.45, 2.75) is 11.5 Å². The number of hydrogen-bond acceptors (Lipinski definition) is 5. The molecular weight excluding hydrogens is 325 g/mol. The van der Waals surface area contributed by atoms with Crippen molar-refractivity contribution in [3.8, 4) is 5.75 Å². The highest BCUT2D eigenvalue weighted by molar-refractivity contribution is 7.89. The van der Waals surface area contributed by atoms with Gasteiger partial charge in [-0.1, -0.05) is 18.2 Å². The molecule has 0 radical (unpaired) electrons. The minimum Gasteiger partial charge on any atom is -0.496 e. The Balaban J connectivity index is 2.31. The maximum absolute atomic E-state index is 13.6. The lowest BCUT2D eigenvalue weighted by atomic mass is 10.2. The molecule has 0 atom stereocenters. The molecule has 8 heteroatoms. The highest BCUT2D eigenvalue weighted by Gasteiger charge is 2.20. The average molecular weight is 339 g/mol. The van der Waals surface area contributed by atoms with Gasteiger partial charge in [-0.25, -0.2) is 12.8 Å². The predicted octanol–water partition coefficient (Wildman–Crippen LogP) is 2.86. The van der Waals surface area contributed by atoms with Crippen LogP contribution >= 0.6 is 0 Å². The number of benzene rings is 2. The number of ether oxygens (including phenoxy) is 1. The van der Waals surface area contributed by atoms with Crippen molar-refractivity contribution in [1.82, 2.24) is 0 Å². The minimum atomic E-state index is -3.73. The summed E-state index contributed by atoms with van der Waals surface area (Å²) in [5.74, 6) is -1.35. The first-order valence-corrected chi connectivity index (χ1v) is 8.39. The van der Waals surface area contributed by atoms with Crippen molar-refractivity contribution in [3.63, 3.8) is 0 Å². The third-order valence-electron chi connectivity index (χ3n) is 3.18. The third kappa shape index (κ3) is 4.26. The van der Waals surface area contributed by atoms with Crippen LogP contribution in [-0.4, -0.2) is 20.5 Å². The third-order valence-corrected chi connectivity index (χ3v) is 4.69. The van der Waals surface area contributed by atoms with Crippen LogP contribution in [0.25, 0.3) is 0 Å². The topological polar surface area (TPSA) is 86.5 Å². The zero-order valence-electron chi connectivity index (χ0n) is 12.2. The molecule has 0 aromatic heterocycles. The van der Waals surface area contributed by atoms with Crippen LogP contribution in [-0.2, 0) is 21.3 Å². The van der Waals surface area contributed by atoms with Gasteiger partial charge in [-0.2, -0.15) is 0 Å². The Morgan fingerprint density at radius 2 is 1.78 bits per heavy atom. The molecule has 0 amide bonds. The Labute approximate surface area is 132 Å². The molecule has 0 N–H and O–H groups in total. The molecule has 0 unspecified atom stereocenters. The molecule has 0 saturated carbocycles. The molecule has 2 aromatic rings. The van der Waals surface area contributed by atoms with Crippen LogP contribution in [0.5, 0.6) is 5.75 Å². The van der Waals surface area contributed by atoms with Crippen LogP contribution in [0.2, 0.25) is 0 Å². The number of nitrogens with zero attached hydrogens (tertiary/aromatic N) is 1. The van der Waals surface area contributed by atoms with Crippen molar-refractivity contribution in [2.75, 3.05) is 7.11 Å². The molecule has 0 saturated heterocycles. The van der Waals surface area contributed by atoms with Gasteiger partial charge in [0.2, 0.25) is 0 Å². The van der Waals surface area contributed by atoms with Gasteiger partial charge in [0.1, 0.15) is 11.6 Å². The van der Waals surface area contributed by atoms with Gasteiger partial charge in [0, 0.05) is 23.3 Å². The first-order valence-electron chi connectivity index (χ1n) is 6.57. The smallest absolute Gasteiger partial charge is 0.270 e. The fraction of sp³-hybridized carbons (Fsp3) is 0.200. The molecule has 0 aliphatic rings. The molecular formula is C15H14FNO5S. The maximum Gasteiger partial charge on any atom is 0.270 e. The number of methoxy groups -OCH3 is 1. The Hall–Kier alpha value is -2.48. The van der Waals surface area contributed by atoms with E-state index in [1.807, 2.05) is 0 Å². The van der Waals surface area contributed by atoms with E-state index in [9.17, 15) is 22.9 Å². The summed E-state index contributed by atoms with van der Waals surface area (Å²) in [4.78, 5) is 10.2. The van der Waals surface area contributed by atoms with Crippen molar-refractivity contribution in [2.24, 2.45) is 0 Å². The van der Waals surface area contributed by atoms with Crippen LogP contribution in [0.4, 0.5) is 10.1 Å². The highest BCUT2D eigenvalue weighted by atomic mass is 32.2. The number of halogens is 1. The first kappa shape index (κ1) is 16.9. The van der Waals surface area contributed by atoms with Gasteiger partial charge in [-0.3, -0.25) is 10.1 Å². The number of hydrogen-bond donors (Lipinski definition) is 0. The second kappa shape index (κ2) is 6.74. The van der Waals surface area contributed by atoms with Gasteiger partial charge in [0.15, 0.2) is 9.84 Å². The number of nitro benzene ring substituents is 1. The van der Waals surface area contributed by atoms with E-state index in [2.05, 4.69) is 0 Å². The van der Waals surface area contributed by atoms with E-state index in [0.717, 1.165) is 6.07 Å². The van der Waals surface area contributed by atoms with E-state index in [0.29, 0.717) is 0 Å². The fourth-order valence-electron chi connectivity index (χ4n) is 2.13. The van der Waals surface area contributed by atoms with E-state index in [4.69, 9.17) is 4.74 Å². The van der Waals surface area contributed by atoms with Gasteiger partial charge in [0.05, 0.1) is 23.5 Å². The summed E-state index contributed by atoms with van der Waals surface area (Å²) in [5.41, 5.74) is -0.0168. The molecule has 6 nitrogen and oxygen atoms in total. The van der Waals surface area contributed by atoms with Crippen LogP contribution in [0, 0.1) is 15.9 Å². The summed E-state index contributed by atoms with van der Waals surface area (Å²) in [7, 11) is -2.39. The van der Waals surface area contributed by atoms with Crippen molar-refractivity contribution in [1.29, 1.82) is 0 Å². The normalized spacial score (nSPS) is 11.2. The van der Waals surface area contributed by atoms with Gasteiger partial charge < -0.3 is 4.74 Å². The monoisotopic (exact) mass is 339 g/mol. The number of non-ortho nitro benzene ring substituents is 1. The molecule has 0 bridgehead atoms. The Morgan fingerprint density at radius 1 is 1.13 bits per heavy atom. The lowest BCUT2D eigenvalue weighted by Gasteiger charge is -2.09. The van der Waals surface area contributed by atoms with E-state index in [1.165, 1.54) is 37.4 Å². The SMILES string of the molecule is COc1ccc([N+](=O)[O-])cc1CS(=O)(=O)Cc1ccccc1F. The van der Waals surface area contributed by atoms with Crippen molar-refractivity contribution >= 4 is 15.5 Å². The summed E-state index contributed by atoms with van der Waals surface area (Å²) in [6.45, 7) is 0. The Kier molecular flexibility index (Phi) is 4.95. The molecule has 2 aromatic carbocycles. The summed E-state index contributed by atoms with van der Waals surface area (Å²) < 4.78 is 43.2. The maximum atomic E-state index is 13.6. The lowest BCUT2D eigenvalue weighted by molar-refractivity contribution is -0.384. The van der Waals surface area contributed by atoms with Gasteiger partial charge in [-0.15, -0.1) is 0 Å². The molecule has 0 fully saturated rings. The van der Waals surface area contributed by atoms with Crippen LogP contribution in [0.1, 0.15) is 11.1 Å². The first-order chi connectivity index (χ1) is 10.8. The molecule has 0 heterocycles. The second-order valence-corrected chi connectivity index (χ2v) is 6.94. The Bertz CT molecular complexity index is 836. The van der Waals surface area contributed by atoms with Gasteiger partial charge >= 0.3 is 0 Å². The summed E-state index contributed by atoms with van der Waals surface area (Å²) >= 11 is 0. The summed E-state index contributed by atoms with van der Waals surface area (Å²) in [6, 6.07) is 9.29. The summed E-state index contributed by atoms with van der Waals surface area (Å²) in [6.07, 6.45) is 0. The zero-order chi connectivity index (χ0) is 17.0. The molecule has 0 aliphatic heterocycles. The second-order valence-electron chi connectivity index (χ2n) is 4.88. The van der Waals surface area contributed by atoms with E-state index < -0.39 is 32.1 Å². The van der Waals surface area contributed by atoms with Crippen molar-refractivity contribution < 1.29 is 22.5 Å². The average Bonchev–Trinajstić information content (AvgIpc) is 2.49. The Morgan fingerprint density at radius 3 is 2.39 bits per heavy atom. The van der Waals surface area contributed by atoms with Gasteiger partial charge in [-0.05, 0) is 12.1 Å². The lowest BCUT2D eigenvalue weighted by Crippen LogP contribution is -2.10. The van der Waals surface area contributed by atoms with Gasteiger partial charge in [0.25, 0.3) is 5.69 Å². The molecule has 2 rings (SSSR count). The largest absolute Gasteiger partial charge is 0.496 e. The number of rotatable bonds is 6. The zero-order valence-corrected chi connectivity index (χ0v) is 13.0. The summed E-state index contributed by atoms with van der Waals surface area (Å²) in [5, 5.41) is 10.8. The quantitative estimate of drug-likeness (QED) is 0.596. The molecule has 23 heavy (non-hydrogen) atoms. The molecule has 0 spiro atoms. The number of sulfone groups is 1. The van der Waals surface area contributed by atoms with Crippen LogP contribution in [0.3, 0.4) is 0 Å². The van der Waals surface area contributed by atoms with E-state index >= 15 is 0 Å². The van der Waals surface area contributed by atoms with Crippen LogP contribution < -0.4 is 4.74 Å². The fourth-order valence-corrected chi connectivity index (χ4v) is 3.64. The van der Waals surface area contributed by atoms with E-state index in [1.54, 1.807) is 6.07 Å². The highest BCUT2D eigenvalue weighted by Crippen LogP contribution is 2.27. The number of nitro groups is 1. The van der Waals surface area contributed by atoms with E-state index in [-0.39, 0.29) is 22.6 Å². The van der Waals surface area contributed by atoms with Crippen LogP contribution in [0.15, 0.2) is 42.5 Å². The van der Waals surface area contributed by atoms with Crippen molar-refractivity contribution in [3.05, 3.63) is 69.5 Å². The standard InChI is InChI=1S/C15H14FNO5S/c1-22-15-7-6-13(17(18)19)8-12(15)10-23(20,21)9-11-4-2-3-5-14(11)16/h2-8H,9-10H2,1H3.